The molecule has 2 amide bonds. The molecule has 5 heteroatoms. The Hall–Kier alpha value is -1.10. The Morgan fingerprint density at radius 1 is 1.53 bits per heavy atom. The van der Waals surface area contributed by atoms with Gasteiger partial charge in [0.15, 0.2) is 0 Å². The molecule has 86 valence electrons. The summed E-state index contributed by atoms with van der Waals surface area (Å²) in [6, 6.07) is -0.552. The van der Waals surface area contributed by atoms with Gasteiger partial charge in [0.05, 0.1) is 12.6 Å². The third-order valence-corrected chi connectivity index (χ3v) is 2.55. The van der Waals surface area contributed by atoms with Crippen LogP contribution in [0.2, 0.25) is 0 Å². The second-order valence-corrected chi connectivity index (χ2v) is 4.95. The summed E-state index contributed by atoms with van der Waals surface area (Å²) in [6.45, 7) is 6.94. The summed E-state index contributed by atoms with van der Waals surface area (Å²) in [6.07, 6.45) is 0. The van der Waals surface area contributed by atoms with Crippen LogP contribution < -0.4 is 11.1 Å². The predicted molar refractivity (Wildman–Crippen MR) is 57.0 cm³/mol. The van der Waals surface area contributed by atoms with Crippen LogP contribution in [0.3, 0.4) is 0 Å². The minimum Gasteiger partial charge on any atom is -0.353 e. The number of nitrogens with zero attached hydrogens (tertiary/aromatic N) is 1. The Bertz CT molecular complexity index is 270. The third-order valence-electron chi connectivity index (χ3n) is 2.55. The number of amides is 2. The molecule has 3 N–H and O–H groups in total. The number of carbonyl (C=O) groups is 2. The van der Waals surface area contributed by atoms with E-state index in [2.05, 4.69) is 5.32 Å². The maximum Gasteiger partial charge on any atom is 0.240 e. The molecule has 5 nitrogen and oxygen atoms in total. The fourth-order valence-corrected chi connectivity index (χ4v) is 1.39. The molecule has 0 aromatic heterocycles. The molecule has 0 spiro atoms. The van der Waals surface area contributed by atoms with Crippen molar-refractivity contribution in [2.24, 2.45) is 11.1 Å². The lowest BCUT2D eigenvalue weighted by atomic mass is 9.86. The minimum atomic E-state index is -0.552. The number of nitrogens with one attached hydrogen (secondary N) is 1. The molecule has 1 rings (SSSR count). The normalized spacial score (nSPS) is 19.7. The van der Waals surface area contributed by atoms with Crippen molar-refractivity contribution in [3.05, 3.63) is 0 Å². The molecule has 0 radical (unpaired) electrons. The molecule has 0 unspecified atom stereocenters. The van der Waals surface area contributed by atoms with Crippen molar-refractivity contribution in [3.63, 3.8) is 0 Å². The molecule has 0 aromatic carbocycles. The SMILES string of the molecule is CC(C)(C)[C@@H](N)C(=O)N1CCNC(=O)C1. The average Bonchev–Trinajstić information content (AvgIpc) is 2.14. The quantitative estimate of drug-likeness (QED) is 0.606. The van der Waals surface area contributed by atoms with Crippen LogP contribution in [0.15, 0.2) is 0 Å². The van der Waals surface area contributed by atoms with Crippen LogP contribution in [-0.4, -0.2) is 42.4 Å². The van der Waals surface area contributed by atoms with Crippen molar-refractivity contribution in [1.29, 1.82) is 0 Å². The van der Waals surface area contributed by atoms with Crippen molar-refractivity contribution in [1.82, 2.24) is 10.2 Å². The van der Waals surface area contributed by atoms with E-state index >= 15 is 0 Å². The topological polar surface area (TPSA) is 75.4 Å². The zero-order valence-electron chi connectivity index (χ0n) is 9.54. The standard InChI is InChI=1S/C10H19N3O2/c1-10(2,3)8(11)9(15)13-5-4-12-7(14)6-13/h8H,4-6,11H2,1-3H3,(H,12,14)/t8-/m0/s1. The van der Waals surface area contributed by atoms with Crippen molar-refractivity contribution < 1.29 is 9.59 Å². The molecule has 1 atom stereocenters. The highest BCUT2D eigenvalue weighted by Crippen LogP contribution is 2.19. The number of hydrogen-bond acceptors (Lipinski definition) is 3. The highest BCUT2D eigenvalue weighted by Gasteiger charge is 2.32. The molecule has 1 heterocycles. The summed E-state index contributed by atoms with van der Waals surface area (Å²) in [5.74, 6) is -0.256. The third kappa shape index (κ3) is 2.92. The van der Waals surface area contributed by atoms with E-state index in [1.165, 1.54) is 4.90 Å². The van der Waals surface area contributed by atoms with Crippen LogP contribution in [0.5, 0.6) is 0 Å². The number of carbonyl (C=O) groups excluding carboxylic acids is 2. The van der Waals surface area contributed by atoms with E-state index in [0.29, 0.717) is 13.1 Å². The van der Waals surface area contributed by atoms with Gasteiger partial charge in [0.25, 0.3) is 0 Å². The summed E-state index contributed by atoms with van der Waals surface area (Å²) in [4.78, 5) is 24.5. The van der Waals surface area contributed by atoms with E-state index in [1.807, 2.05) is 20.8 Å². The van der Waals surface area contributed by atoms with Gasteiger partial charge in [0.2, 0.25) is 11.8 Å². The van der Waals surface area contributed by atoms with Crippen LogP contribution in [0.25, 0.3) is 0 Å². The van der Waals surface area contributed by atoms with Gasteiger partial charge in [-0.3, -0.25) is 9.59 Å². The monoisotopic (exact) mass is 213 g/mol. The van der Waals surface area contributed by atoms with E-state index in [1.54, 1.807) is 0 Å². The van der Waals surface area contributed by atoms with Gasteiger partial charge in [-0.1, -0.05) is 20.8 Å². The first-order chi connectivity index (χ1) is 6.82. The number of rotatable bonds is 1. The molecule has 15 heavy (non-hydrogen) atoms. The lowest BCUT2D eigenvalue weighted by molar-refractivity contribution is -0.141. The molecular formula is C10H19N3O2. The Morgan fingerprint density at radius 3 is 2.60 bits per heavy atom. The van der Waals surface area contributed by atoms with Gasteiger partial charge in [0, 0.05) is 13.1 Å². The molecule has 1 aliphatic rings. The van der Waals surface area contributed by atoms with Gasteiger partial charge >= 0.3 is 0 Å². The van der Waals surface area contributed by atoms with Gasteiger partial charge in [0.1, 0.15) is 0 Å². The summed E-state index contributed by atoms with van der Waals surface area (Å²) in [5, 5.41) is 2.67. The molecule has 0 aromatic rings. The van der Waals surface area contributed by atoms with Crippen LogP contribution in [0.4, 0.5) is 0 Å². The number of hydrogen-bond donors (Lipinski definition) is 2. The van der Waals surface area contributed by atoms with Gasteiger partial charge < -0.3 is 16.0 Å². The molecule has 1 aliphatic heterocycles. The number of nitrogens with two attached hydrogens (primary N) is 1. The zero-order valence-corrected chi connectivity index (χ0v) is 9.54. The zero-order chi connectivity index (χ0) is 11.6. The van der Waals surface area contributed by atoms with Crippen molar-refractivity contribution in [3.8, 4) is 0 Å². The van der Waals surface area contributed by atoms with Crippen molar-refractivity contribution in [2.45, 2.75) is 26.8 Å². The minimum absolute atomic E-state index is 0.115. The van der Waals surface area contributed by atoms with Crippen LogP contribution in [-0.2, 0) is 9.59 Å². The Labute approximate surface area is 90.0 Å². The molecule has 1 saturated heterocycles. The molecule has 0 aliphatic carbocycles. The first-order valence-corrected chi connectivity index (χ1v) is 5.13. The molecular weight excluding hydrogens is 194 g/mol. The fourth-order valence-electron chi connectivity index (χ4n) is 1.39. The highest BCUT2D eigenvalue weighted by molar-refractivity contribution is 5.88. The van der Waals surface area contributed by atoms with Crippen molar-refractivity contribution in [2.75, 3.05) is 19.6 Å². The lowest BCUT2D eigenvalue weighted by Crippen LogP contribution is -2.57. The van der Waals surface area contributed by atoms with Crippen LogP contribution in [0, 0.1) is 5.41 Å². The van der Waals surface area contributed by atoms with Gasteiger partial charge in [-0.05, 0) is 5.41 Å². The summed E-state index contributed by atoms with van der Waals surface area (Å²) in [7, 11) is 0. The fraction of sp³-hybridized carbons (Fsp3) is 0.800. The second-order valence-electron chi connectivity index (χ2n) is 4.95. The lowest BCUT2D eigenvalue weighted by Gasteiger charge is -2.33. The Kier molecular flexibility index (Phi) is 3.34. The molecule has 0 saturated carbocycles. The maximum absolute atomic E-state index is 11.9. The Morgan fingerprint density at radius 2 is 2.13 bits per heavy atom. The summed E-state index contributed by atoms with van der Waals surface area (Å²) in [5.41, 5.74) is 5.57. The van der Waals surface area contributed by atoms with Crippen molar-refractivity contribution >= 4 is 11.8 Å². The van der Waals surface area contributed by atoms with Gasteiger partial charge in [-0.25, -0.2) is 0 Å². The largest absolute Gasteiger partial charge is 0.353 e. The maximum atomic E-state index is 11.9. The Balaban J connectivity index is 2.64. The molecule has 1 fully saturated rings. The van der Waals surface area contributed by atoms with Gasteiger partial charge in [-0.2, -0.15) is 0 Å². The van der Waals surface area contributed by atoms with Crippen LogP contribution >= 0.6 is 0 Å². The highest BCUT2D eigenvalue weighted by atomic mass is 16.2. The first kappa shape index (κ1) is 12.0. The first-order valence-electron chi connectivity index (χ1n) is 5.13. The predicted octanol–water partition coefficient (Wildman–Crippen LogP) is -0.682. The summed E-state index contributed by atoms with van der Waals surface area (Å²) >= 11 is 0. The summed E-state index contributed by atoms with van der Waals surface area (Å²) < 4.78 is 0. The molecule has 0 bridgehead atoms. The van der Waals surface area contributed by atoms with Gasteiger partial charge in [-0.15, -0.1) is 0 Å². The van der Waals surface area contributed by atoms with E-state index < -0.39 is 6.04 Å². The van der Waals surface area contributed by atoms with E-state index in [-0.39, 0.29) is 23.8 Å². The van der Waals surface area contributed by atoms with E-state index in [4.69, 9.17) is 5.73 Å². The van der Waals surface area contributed by atoms with E-state index in [0.717, 1.165) is 0 Å². The average molecular weight is 213 g/mol. The second kappa shape index (κ2) is 4.18. The number of piperazine rings is 1. The van der Waals surface area contributed by atoms with E-state index in [9.17, 15) is 9.59 Å². The smallest absolute Gasteiger partial charge is 0.240 e. The van der Waals surface area contributed by atoms with Crippen LogP contribution in [0.1, 0.15) is 20.8 Å².